The third-order valence-corrected chi connectivity index (χ3v) is 8.23. The van der Waals surface area contributed by atoms with Crippen molar-refractivity contribution in [2.24, 2.45) is 22.7 Å². The molecule has 33 heavy (non-hydrogen) atoms. The quantitative estimate of drug-likeness (QED) is 0.293. The topological polar surface area (TPSA) is 110 Å². The van der Waals surface area contributed by atoms with Gasteiger partial charge in [0.15, 0.2) is 10.1 Å². The van der Waals surface area contributed by atoms with E-state index in [-0.39, 0.29) is 31.1 Å². The molecule has 0 amide bonds. The Hall–Kier alpha value is -1.50. The van der Waals surface area contributed by atoms with Crippen LogP contribution in [0.4, 0.5) is 22.0 Å². The highest BCUT2D eigenvalue weighted by atomic mass is 32.2. The van der Waals surface area contributed by atoms with Crippen molar-refractivity contribution in [3.8, 4) is 0 Å². The second kappa shape index (κ2) is 7.76. The maximum Gasteiger partial charge on any atom is 0.432 e. The van der Waals surface area contributed by atoms with Crippen LogP contribution in [0.1, 0.15) is 65.7 Å². The number of carbonyl (C=O) groups excluding carboxylic acids is 2. The van der Waals surface area contributed by atoms with Gasteiger partial charge in [0.1, 0.15) is 5.60 Å². The lowest BCUT2D eigenvalue weighted by molar-refractivity contribution is -0.270. The number of alkyl halides is 5. The van der Waals surface area contributed by atoms with Gasteiger partial charge in [0, 0.05) is 6.42 Å². The maximum absolute atomic E-state index is 13.9. The molecule has 13 heteroatoms. The average Bonchev–Trinajstić information content (AvgIpc) is 2.62. The molecule has 0 aliphatic heterocycles. The van der Waals surface area contributed by atoms with Crippen molar-refractivity contribution in [3.63, 3.8) is 0 Å². The van der Waals surface area contributed by atoms with Crippen molar-refractivity contribution in [2.75, 3.05) is 0 Å². The number of ether oxygens (including phenoxy) is 2. The Morgan fingerprint density at radius 1 is 1.06 bits per heavy atom. The Morgan fingerprint density at radius 3 is 2.00 bits per heavy atom. The van der Waals surface area contributed by atoms with E-state index >= 15 is 0 Å². The molecule has 3 unspecified atom stereocenters. The van der Waals surface area contributed by atoms with Gasteiger partial charge in [0.05, 0.1) is 10.8 Å². The van der Waals surface area contributed by atoms with Crippen LogP contribution in [0.15, 0.2) is 0 Å². The molecule has 0 aromatic rings. The molecule has 3 atom stereocenters. The van der Waals surface area contributed by atoms with E-state index in [2.05, 4.69) is 4.74 Å². The van der Waals surface area contributed by atoms with Crippen LogP contribution in [0.3, 0.4) is 0 Å². The van der Waals surface area contributed by atoms with Crippen molar-refractivity contribution >= 4 is 22.1 Å². The van der Waals surface area contributed by atoms with Gasteiger partial charge in [-0.25, -0.2) is 8.42 Å². The van der Waals surface area contributed by atoms with Gasteiger partial charge in [0.25, 0.3) is 6.10 Å². The van der Waals surface area contributed by atoms with Crippen molar-refractivity contribution < 1.29 is 54.0 Å². The van der Waals surface area contributed by atoms with Gasteiger partial charge in [0.2, 0.25) is 0 Å². The zero-order chi connectivity index (χ0) is 25.3. The second-order valence-corrected chi connectivity index (χ2v) is 11.8. The largest absolute Gasteiger partial charge is 0.743 e. The first-order valence-corrected chi connectivity index (χ1v) is 12.0. The Labute approximate surface area is 188 Å². The molecule has 0 saturated heterocycles. The zero-order valence-electron chi connectivity index (χ0n) is 18.3. The molecule has 4 aliphatic carbocycles. The highest BCUT2D eigenvalue weighted by Gasteiger charge is 2.67. The minimum Gasteiger partial charge on any atom is -0.743 e. The Kier molecular flexibility index (Phi) is 6.14. The zero-order valence-corrected chi connectivity index (χ0v) is 19.2. The van der Waals surface area contributed by atoms with Crippen molar-refractivity contribution in [1.82, 2.24) is 0 Å². The fourth-order valence-electron chi connectivity index (χ4n) is 5.70. The summed E-state index contributed by atoms with van der Waals surface area (Å²) in [4.78, 5) is 25.6. The second-order valence-electron chi connectivity index (χ2n) is 10.4. The van der Waals surface area contributed by atoms with Gasteiger partial charge in [-0.1, -0.05) is 6.92 Å². The van der Waals surface area contributed by atoms with Crippen molar-refractivity contribution in [1.29, 1.82) is 0 Å². The van der Waals surface area contributed by atoms with E-state index in [1.807, 2.05) is 0 Å². The molecule has 0 spiro atoms. The van der Waals surface area contributed by atoms with Crippen LogP contribution >= 0.6 is 0 Å². The normalized spacial score (nSPS) is 33.0. The van der Waals surface area contributed by atoms with Crippen LogP contribution in [-0.4, -0.2) is 48.0 Å². The van der Waals surface area contributed by atoms with E-state index in [1.165, 1.54) is 0 Å². The predicted molar refractivity (Wildman–Crippen MR) is 101 cm³/mol. The first-order chi connectivity index (χ1) is 14.8. The fourth-order valence-corrected chi connectivity index (χ4v) is 6.15. The monoisotopic (exact) mass is 505 g/mol. The number of esters is 2. The summed E-state index contributed by atoms with van der Waals surface area (Å²) >= 11 is 0. The molecular formula is C20H26F5O7S-. The molecule has 4 fully saturated rings. The van der Waals surface area contributed by atoms with Gasteiger partial charge in [-0.15, -0.1) is 0 Å². The third kappa shape index (κ3) is 4.59. The molecule has 0 aromatic heterocycles. The van der Waals surface area contributed by atoms with Crippen LogP contribution in [-0.2, 0) is 29.2 Å². The average molecular weight is 505 g/mol. The van der Waals surface area contributed by atoms with Crippen LogP contribution in [0.2, 0.25) is 0 Å². The summed E-state index contributed by atoms with van der Waals surface area (Å²) in [6.45, 7) is 5.11. The van der Waals surface area contributed by atoms with Gasteiger partial charge in [-0.3, -0.25) is 9.59 Å². The molecule has 4 saturated carbocycles. The summed E-state index contributed by atoms with van der Waals surface area (Å²) in [5.41, 5.74) is -3.64. The summed E-state index contributed by atoms with van der Waals surface area (Å²) in [6.07, 6.45) is -8.71. The summed E-state index contributed by atoms with van der Waals surface area (Å²) in [5.74, 6) is -2.60. The van der Waals surface area contributed by atoms with Crippen molar-refractivity contribution in [2.45, 2.75) is 88.9 Å². The van der Waals surface area contributed by atoms with Gasteiger partial charge < -0.3 is 14.0 Å². The minimum atomic E-state index is -6.78. The molecule has 4 bridgehead atoms. The molecule has 190 valence electrons. The summed E-state index contributed by atoms with van der Waals surface area (Å²) in [6, 6.07) is 0. The van der Waals surface area contributed by atoms with Crippen LogP contribution in [0, 0.1) is 22.7 Å². The van der Waals surface area contributed by atoms with Gasteiger partial charge in [-0.05, 0) is 64.2 Å². The molecular weight excluding hydrogens is 479 g/mol. The van der Waals surface area contributed by atoms with E-state index in [9.17, 15) is 44.5 Å². The Balaban J connectivity index is 1.91. The lowest BCUT2D eigenvalue weighted by Gasteiger charge is -2.60. The smallest absolute Gasteiger partial charge is 0.432 e. The molecule has 0 radical (unpaired) electrons. The predicted octanol–water partition coefficient (Wildman–Crippen LogP) is 3.92. The fraction of sp³-hybridized carbons (Fsp3) is 0.900. The molecule has 4 rings (SSSR count). The summed E-state index contributed by atoms with van der Waals surface area (Å²) < 4.78 is 110. The highest BCUT2D eigenvalue weighted by Crippen LogP contribution is 2.63. The lowest BCUT2D eigenvalue weighted by atomic mass is 9.48. The van der Waals surface area contributed by atoms with E-state index in [1.54, 1.807) is 20.8 Å². The van der Waals surface area contributed by atoms with Crippen LogP contribution in [0.5, 0.6) is 0 Å². The number of hydrogen-bond acceptors (Lipinski definition) is 7. The number of halogens is 5. The van der Waals surface area contributed by atoms with Crippen LogP contribution < -0.4 is 0 Å². The Bertz CT molecular complexity index is 914. The lowest BCUT2D eigenvalue weighted by Crippen LogP contribution is -2.62. The summed E-state index contributed by atoms with van der Waals surface area (Å²) in [7, 11) is -6.78. The molecule has 7 nitrogen and oxygen atoms in total. The van der Waals surface area contributed by atoms with E-state index < -0.39 is 56.0 Å². The SMILES string of the molecule is CCC(C)(C)C(=O)OC12CC3CC(C1)CC(C(=O)OC(C(F)(F)F)C(F)(F)S(=O)(=O)[O-])(C3)C2. The first-order valence-electron chi connectivity index (χ1n) is 10.6. The van der Waals surface area contributed by atoms with E-state index in [0.717, 1.165) is 0 Å². The first kappa shape index (κ1) is 26.1. The van der Waals surface area contributed by atoms with Crippen LogP contribution in [0.25, 0.3) is 0 Å². The molecule has 4 aliphatic rings. The summed E-state index contributed by atoms with van der Waals surface area (Å²) in [5, 5.41) is -5.90. The number of rotatable bonds is 7. The minimum absolute atomic E-state index is 0.0408. The number of carbonyl (C=O) groups is 2. The van der Waals surface area contributed by atoms with Crippen molar-refractivity contribution in [3.05, 3.63) is 0 Å². The number of hydrogen-bond donors (Lipinski definition) is 0. The van der Waals surface area contributed by atoms with E-state index in [0.29, 0.717) is 25.7 Å². The van der Waals surface area contributed by atoms with Gasteiger partial charge in [-0.2, -0.15) is 22.0 Å². The highest BCUT2D eigenvalue weighted by molar-refractivity contribution is 7.86. The standard InChI is InChI=1S/C20H27F5O7S/c1-4-16(2,3)14(26)32-18-8-11-5-12(9-18)7-17(6-11,10-18)15(27)31-13(19(21,22)23)20(24,25)33(28,29)30/h11-13H,4-10H2,1-3H3,(H,28,29,30)/p-1. The molecule has 0 N–H and O–H groups in total. The van der Waals surface area contributed by atoms with Gasteiger partial charge >= 0.3 is 23.4 Å². The third-order valence-electron chi connectivity index (χ3n) is 7.35. The molecule has 0 aromatic carbocycles. The molecule has 0 heterocycles. The maximum atomic E-state index is 13.9. The Morgan fingerprint density at radius 2 is 1.58 bits per heavy atom. The van der Waals surface area contributed by atoms with E-state index in [4.69, 9.17) is 4.74 Å².